The van der Waals surface area contributed by atoms with Crippen LogP contribution in [0.15, 0.2) is 64.4 Å². The lowest BCUT2D eigenvalue weighted by Crippen LogP contribution is -2.43. The van der Waals surface area contributed by atoms with E-state index in [0.29, 0.717) is 30.8 Å². The Hall–Kier alpha value is -1.83. The van der Waals surface area contributed by atoms with Crippen LogP contribution in [0.4, 0.5) is 0 Å². The van der Waals surface area contributed by atoms with Gasteiger partial charge >= 0.3 is 0 Å². The molecule has 28 heavy (non-hydrogen) atoms. The molecule has 1 fully saturated rings. The highest BCUT2D eigenvalue weighted by molar-refractivity contribution is 7.98. The van der Waals surface area contributed by atoms with E-state index in [1.807, 2.05) is 55.6 Å². The Morgan fingerprint density at radius 3 is 2.25 bits per heavy atom. The van der Waals surface area contributed by atoms with Crippen molar-refractivity contribution in [3.8, 4) is 0 Å². The molecule has 0 bridgehead atoms. The van der Waals surface area contributed by atoms with E-state index >= 15 is 0 Å². The van der Waals surface area contributed by atoms with Crippen molar-refractivity contribution >= 4 is 27.7 Å². The van der Waals surface area contributed by atoms with Crippen molar-refractivity contribution in [2.75, 3.05) is 19.3 Å². The Bertz CT molecular complexity index is 891. The molecule has 1 amide bonds. The Labute approximate surface area is 171 Å². The Morgan fingerprint density at radius 2 is 1.68 bits per heavy atom. The van der Waals surface area contributed by atoms with Gasteiger partial charge in [0.1, 0.15) is 0 Å². The van der Waals surface area contributed by atoms with Gasteiger partial charge in [-0.3, -0.25) is 4.79 Å². The van der Waals surface area contributed by atoms with Gasteiger partial charge in [-0.1, -0.05) is 30.3 Å². The number of hydrogen-bond acceptors (Lipinski definition) is 4. The minimum Gasteiger partial charge on any atom is -0.349 e. The molecule has 1 aliphatic heterocycles. The van der Waals surface area contributed by atoms with E-state index in [9.17, 15) is 13.2 Å². The fourth-order valence-electron chi connectivity index (χ4n) is 3.41. The first-order valence-electron chi connectivity index (χ1n) is 9.41. The quantitative estimate of drug-likeness (QED) is 0.727. The molecule has 2 aromatic carbocycles. The number of carbonyl (C=O) groups is 1. The summed E-state index contributed by atoms with van der Waals surface area (Å²) in [5.41, 5.74) is 1.06. The normalized spacial score (nSPS) is 17.2. The topological polar surface area (TPSA) is 66.5 Å². The standard InChI is InChI=1S/C21H26N2O3S2/c1-16(17-6-4-3-5-7-17)22-21(24)18-12-14-23(15-13-18)28(25,26)20-10-8-19(27-2)9-11-20/h3-11,16,18H,12-15H2,1-2H3,(H,22,24)/t16-/m1/s1. The highest BCUT2D eigenvalue weighted by Gasteiger charge is 2.32. The van der Waals surface area contributed by atoms with Gasteiger partial charge in [-0.15, -0.1) is 11.8 Å². The molecule has 1 atom stereocenters. The van der Waals surface area contributed by atoms with Gasteiger partial charge in [0, 0.05) is 23.9 Å². The highest BCUT2D eigenvalue weighted by Crippen LogP contribution is 2.26. The molecule has 0 saturated carbocycles. The van der Waals surface area contributed by atoms with Crippen molar-refractivity contribution in [2.24, 2.45) is 5.92 Å². The number of sulfonamides is 1. The Balaban J connectivity index is 1.58. The first kappa shape index (κ1) is 20.9. The lowest BCUT2D eigenvalue weighted by molar-refractivity contribution is -0.126. The molecule has 150 valence electrons. The number of thioether (sulfide) groups is 1. The summed E-state index contributed by atoms with van der Waals surface area (Å²) in [5.74, 6) is -0.158. The molecule has 0 aliphatic carbocycles. The van der Waals surface area contributed by atoms with E-state index in [2.05, 4.69) is 5.32 Å². The molecule has 1 heterocycles. The van der Waals surface area contributed by atoms with Crippen LogP contribution in [0.3, 0.4) is 0 Å². The van der Waals surface area contributed by atoms with Gasteiger partial charge in [0.05, 0.1) is 10.9 Å². The zero-order chi connectivity index (χ0) is 20.1. The molecular formula is C21H26N2O3S2. The highest BCUT2D eigenvalue weighted by atomic mass is 32.2. The maximum atomic E-state index is 12.8. The Kier molecular flexibility index (Phi) is 6.80. The summed E-state index contributed by atoms with van der Waals surface area (Å²) < 4.78 is 27.2. The molecule has 1 N–H and O–H groups in total. The van der Waals surface area contributed by atoms with Crippen molar-refractivity contribution in [3.63, 3.8) is 0 Å². The van der Waals surface area contributed by atoms with Crippen LogP contribution in [0.1, 0.15) is 31.4 Å². The second kappa shape index (κ2) is 9.11. The predicted octanol–water partition coefficient (Wildman–Crippen LogP) is 3.69. The second-order valence-electron chi connectivity index (χ2n) is 6.99. The van der Waals surface area contributed by atoms with E-state index in [1.165, 1.54) is 4.31 Å². The summed E-state index contributed by atoms with van der Waals surface area (Å²) in [5, 5.41) is 3.05. The van der Waals surface area contributed by atoms with Crippen LogP contribution in [-0.4, -0.2) is 38.0 Å². The molecule has 1 saturated heterocycles. The van der Waals surface area contributed by atoms with Crippen molar-refractivity contribution < 1.29 is 13.2 Å². The number of hydrogen-bond donors (Lipinski definition) is 1. The van der Waals surface area contributed by atoms with Crippen LogP contribution in [0.2, 0.25) is 0 Å². The monoisotopic (exact) mass is 418 g/mol. The van der Waals surface area contributed by atoms with Crippen molar-refractivity contribution in [3.05, 3.63) is 60.2 Å². The summed E-state index contributed by atoms with van der Waals surface area (Å²) in [6.07, 6.45) is 3.03. The first-order valence-corrected chi connectivity index (χ1v) is 12.1. The smallest absolute Gasteiger partial charge is 0.243 e. The van der Waals surface area contributed by atoms with Gasteiger partial charge in [-0.2, -0.15) is 4.31 Å². The predicted molar refractivity (Wildman–Crippen MR) is 113 cm³/mol. The van der Waals surface area contributed by atoms with E-state index in [4.69, 9.17) is 0 Å². The number of rotatable bonds is 6. The van der Waals surface area contributed by atoms with Gasteiger partial charge in [-0.25, -0.2) is 8.42 Å². The summed E-state index contributed by atoms with van der Waals surface area (Å²) in [7, 11) is -3.51. The third kappa shape index (κ3) is 4.77. The maximum absolute atomic E-state index is 12.8. The van der Waals surface area contributed by atoms with E-state index in [-0.39, 0.29) is 17.9 Å². The average molecular weight is 419 g/mol. The molecular weight excluding hydrogens is 392 g/mol. The molecule has 0 unspecified atom stereocenters. The van der Waals surface area contributed by atoms with Crippen molar-refractivity contribution in [1.29, 1.82) is 0 Å². The number of benzene rings is 2. The minimum atomic E-state index is -3.51. The fraction of sp³-hybridized carbons (Fsp3) is 0.381. The van der Waals surface area contributed by atoms with Gasteiger partial charge in [0.2, 0.25) is 15.9 Å². The number of carbonyl (C=O) groups excluding carboxylic acids is 1. The molecule has 3 rings (SSSR count). The third-order valence-electron chi connectivity index (χ3n) is 5.18. The number of nitrogens with zero attached hydrogens (tertiary/aromatic N) is 1. The van der Waals surface area contributed by atoms with Crippen molar-refractivity contribution in [1.82, 2.24) is 9.62 Å². The molecule has 0 spiro atoms. The average Bonchev–Trinajstić information content (AvgIpc) is 2.74. The van der Waals surface area contributed by atoms with E-state index in [1.54, 1.807) is 23.9 Å². The SMILES string of the molecule is CSc1ccc(S(=O)(=O)N2CCC(C(=O)N[C@H](C)c3ccccc3)CC2)cc1. The van der Waals surface area contributed by atoms with Crippen LogP contribution in [0, 0.1) is 5.92 Å². The lowest BCUT2D eigenvalue weighted by Gasteiger charge is -2.31. The van der Waals surface area contributed by atoms with Gasteiger partial charge in [0.15, 0.2) is 0 Å². The van der Waals surface area contributed by atoms with Gasteiger partial charge in [-0.05, 0) is 55.9 Å². The summed E-state index contributed by atoms with van der Waals surface area (Å²) >= 11 is 1.58. The van der Waals surface area contributed by atoms with Crippen LogP contribution in [-0.2, 0) is 14.8 Å². The molecule has 0 aromatic heterocycles. The zero-order valence-electron chi connectivity index (χ0n) is 16.2. The van der Waals surface area contributed by atoms with Crippen LogP contribution >= 0.6 is 11.8 Å². The number of piperidine rings is 1. The van der Waals surface area contributed by atoms with Crippen LogP contribution in [0.25, 0.3) is 0 Å². The summed E-state index contributed by atoms with van der Waals surface area (Å²) in [4.78, 5) is 13.9. The number of amides is 1. The van der Waals surface area contributed by atoms with Gasteiger partial charge < -0.3 is 5.32 Å². The van der Waals surface area contributed by atoms with Crippen molar-refractivity contribution in [2.45, 2.75) is 35.6 Å². The molecule has 5 nitrogen and oxygen atoms in total. The zero-order valence-corrected chi connectivity index (χ0v) is 17.8. The molecule has 2 aromatic rings. The molecule has 0 radical (unpaired) electrons. The largest absolute Gasteiger partial charge is 0.349 e. The fourth-order valence-corrected chi connectivity index (χ4v) is 5.29. The Morgan fingerprint density at radius 1 is 1.07 bits per heavy atom. The number of nitrogens with one attached hydrogen (secondary N) is 1. The summed E-state index contributed by atoms with van der Waals surface area (Å²) in [6.45, 7) is 2.69. The second-order valence-corrected chi connectivity index (χ2v) is 9.81. The maximum Gasteiger partial charge on any atom is 0.243 e. The van der Waals surface area contributed by atoms with Gasteiger partial charge in [0.25, 0.3) is 0 Å². The third-order valence-corrected chi connectivity index (χ3v) is 7.84. The van der Waals surface area contributed by atoms with E-state index in [0.717, 1.165) is 10.5 Å². The molecule has 1 aliphatic rings. The first-order chi connectivity index (χ1) is 13.4. The minimum absolute atomic E-state index is 0.00211. The lowest BCUT2D eigenvalue weighted by atomic mass is 9.96. The van der Waals surface area contributed by atoms with Crippen LogP contribution < -0.4 is 5.32 Å². The summed E-state index contributed by atoms with van der Waals surface area (Å²) in [6, 6.07) is 16.7. The molecule has 7 heteroatoms. The van der Waals surface area contributed by atoms with Crippen LogP contribution in [0.5, 0.6) is 0 Å². The van der Waals surface area contributed by atoms with E-state index < -0.39 is 10.0 Å².